The molecule has 0 spiro atoms. The highest BCUT2D eigenvalue weighted by Crippen LogP contribution is 2.31. The Kier molecular flexibility index (Phi) is 5.20. The molecule has 0 amide bonds. The maximum absolute atomic E-state index is 12.9. The molecule has 158 valence electrons. The third-order valence-electron chi connectivity index (χ3n) is 4.77. The number of aromatic nitrogens is 4. The van der Waals surface area contributed by atoms with Gasteiger partial charge in [-0.1, -0.05) is 6.07 Å². The first-order valence-corrected chi connectivity index (χ1v) is 10.4. The van der Waals surface area contributed by atoms with Crippen molar-refractivity contribution in [2.24, 2.45) is 0 Å². The van der Waals surface area contributed by atoms with Crippen molar-refractivity contribution in [2.45, 2.75) is 11.1 Å². The Bertz CT molecular complexity index is 1110. The number of hydrogen-bond acceptors (Lipinski definition) is 6. The van der Waals surface area contributed by atoms with Crippen LogP contribution < -0.4 is 4.90 Å². The van der Waals surface area contributed by atoms with Crippen molar-refractivity contribution >= 4 is 15.8 Å². The SMILES string of the molecule is O=S(=O)(c1cccc(C(F)(F)F)c1)N1CCN(c2ccc(-n3ccnc3)nn2)CC1. The van der Waals surface area contributed by atoms with Gasteiger partial charge in [0, 0.05) is 38.6 Å². The minimum atomic E-state index is -4.61. The molecule has 12 heteroatoms. The van der Waals surface area contributed by atoms with Crippen LogP contribution in [0.15, 0.2) is 60.0 Å². The summed E-state index contributed by atoms with van der Waals surface area (Å²) >= 11 is 0. The molecule has 0 aliphatic carbocycles. The normalized spacial score (nSPS) is 16.0. The molecule has 1 aromatic carbocycles. The first-order chi connectivity index (χ1) is 14.2. The zero-order valence-corrected chi connectivity index (χ0v) is 16.4. The highest BCUT2D eigenvalue weighted by atomic mass is 32.2. The molecule has 0 unspecified atom stereocenters. The van der Waals surface area contributed by atoms with E-state index in [2.05, 4.69) is 15.2 Å². The number of sulfonamides is 1. The lowest BCUT2D eigenvalue weighted by Gasteiger charge is -2.34. The molecular formula is C18H17F3N6O2S. The van der Waals surface area contributed by atoms with Gasteiger partial charge < -0.3 is 4.90 Å². The van der Waals surface area contributed by atoms with Gasteiger partial charge in [0.15, 0.2) is 11.6 Å². The lowest BCUT2D eigenvalue weighted by atomic mass is 10.2. The van der Waals surface area contributed by atoms with E-state index < -0.39 is 21.8 Å². The molecule has 4 rings (SSSR count). The van der Waals surface area contributed by atoms with Crippen LogP contribution in [0.25, 0.3) is 5.82 Å². The largest absolute Gasteiger partial charge is 0.416 e. The molecule has 1 fully saturated rings. The Labute approximate surface area is 170 Å². The van der Waals surface area contributed by atoms with E-state index in [-0.39, 0.29) is 18.0 Å². The Hall–Kier alpha value is -2.99. The minimum absolute atomic E-state index is 0.129. The second kappa shape index (κ2) is 7.69. The Morgan fingerprint density at radius 3 is 2.23 bits per heavy atom. The molecular weight excluding hydrogens is 421 g/mol. The zero-order valence-electron chi connectivity index (χ0n) is 15.6. The maximum Gasteiger partial charge on any atom is 0.416 e. The molecule has 3 aromatic rings. The molecule has 1 saturated heterocycles. The number of piperazine rings is 1. The number of imidazole rings is 1. The molecule has 0 atom stereocenters. The predicted octanol–water partition coefficient (Wildman–Crippen LogP) is 2.19. The molecule has 0 saturated carbocycles. The fraction of sp³-hybridized carbons (Fsp3) is 0.278. The number of anilines is 1. The van der Waals surface area contributed by atoms with Gasteiger partial charge in [0.2, 0.25) is 10.0 Å². The van der Waals surface area contributed by atoms with Crippen molar-refractivity contribution in [3.8, 4) is 5.82 Å². The van der Waals surface area contributed by atoms with Crippen LogP contribution in [-0.2, 0) is 16.2 Å². The minimum Gasteiger partial charge on any atom is -0.352 e. The topological polar surface area (TPSA) is 84.2 Å². The van der Waals surface area contributed by atoms with Crippen molar-refractivity contribution < 1.29 is 21.6 Å². The van der Waals surface area contributed by atoms with Crippen molar-refractivity contribution in [2.75, 3.05) is 31.1 Å². The third kappa shape index (κ3) is 4.00. The number of halogens is 3. The predicted molar refractivity (Wildman–Crippen MR) is 102 cm³/mol. The van der Waals surface area contributed by atoms with Gasteiger partial charge in [-0.25, -0.2) is 13.4 Å². The van der Waals surface area contributed by atoms with E-state index >= 15 is 0 Å². The molecule has 0 radical (unpaired) electrons. The number of rotatable bonds is 4. The van der Waals surface area contributed by atoms with E-state index in [0.29, 0.717) is 30.8 Å². The average molecular weight is 438 g/mol. The summed E-state index contributed by atoms with van der Waals surface area (Å²) in [4.78, 5) is 5.46. The fourth-order valence-corrected chi connectivity index (χ4v) is 4.63. The Morgan fingerprint density at radius 1 is 0.933 bits per heavy atom. The summed E-state index contributed by atoms with van der Waals surface area (Å²) in [5.74, 6) is 1.19. The molecule has 2 aromatic heterocycles. The fourth-order valence-electron chi connectivity index (χ4n) is 3.16. The molecule has 3 heterocycles. The third-order valence-corrected chi connectivity index (χ3v) is 6.66. The lowest BCUT2D eigenvalue weighted by Crippen LogP contribution is -2.49. The molecule has 1 aliphatic rings. The molecule has 30 heavy (non-hydrogen) atoms. The monoisotopic (exact) mass is 438 g/mol. The summed E-state index contributed by atoms with van der Waals surface area (Å²) < 4.78 is 67.2. The maximum atomic E-state index is 12.9. The van der Waals surface area contributed by atoms with E-state index in [1.165, 1.54) is 10.4 Å². The van der Waals surface area contributed by atoms with Crippen molar-refractivity contribution in [3.63, 3.8) is 0 Å². The smallest absolute Gasteiger partial charge is 0.352 e. The zero-order chi connectivity index (χ0) is 21.4. The van der Waals surface area contributed by atoms with Crippen LogP contribution in [0.4, 0.5) is 19.0 Å². The van der Waals surface area contributed by atoms with Crippen LogP contribution in [0.5, 0.6) is 0 Å². The van der Waals surface area contributed by atoms with Crippen LogP contribution in [0.2, 0.25) is 0 Å². The summed E-state index contributed by atoms with van der Waals surface area (Å²) in [6, 6.07) is 7.35. The molecule has 0 bridgehead atoms. The quantitative estimate of drug-likeness (QED) is 0.621. The summed E-state index contributed by atoms with van der Waals surface area (Å²) in [6.45, 7) is 0.946. The number of alkyl halides is 3. The Balaban J connectivity index is 1.45. The summed E-state index contributed by atoms with van der Waals surface area (Å²) in [6.07, 6.45) is 0.355. The van der Waals surface area contributed by atoms with Gasteiger partial charge in [0.05, 0.1) is 10.5 Å². The van der Waals surface area contributed by atoms with E-state index in [4.69, 9.17) is 0 Å². The second-order valence-corrected chi connectivity index (χ2v) is 8.57. The average Bonchev–Trinajstić information content (AvgIpc) is 3.28. The number of benzene rings is 1. The molecule has 1 aliphatic heterocycles. The van der Waals surface area contributed by atoms with Crippen LogP contribution in [0, 0.1) is 0 Å². The van der Waals surface area contributed by atoms with Gasteiger partial charge in [-0.15, -0.1) is 10.2 Å². The van der Waals surface area contributed by atoms with E-state index in [0.717, 1.165) is 12.1 Å². The van der Waals surface area contributed by atoms with Crippen LogP contribution >= 0.6 is 0 Å². The second-order valence-electron chi connectivity index (χ2n) is 6.64. The van der Waals surface area contributed by atoms with Crippen molar-refractivity contribution in [1.29, 1.82) is 0 Å². The van der Waals surface area contributed by atoms with E-state index in [1.807, 2.05) is 4.90 Å². The highest BCUT2D eigenvalue weighted by Gasteiger charge is 2.34. The van der Waals surface area contributed by atoms with Crippen LogP contribution in [0.3, 0.4) is 0 Å². The first kappa shape index (κ1) is 20.3. The number of hydrogen-bond donors (Lipinski definition) is 0. The van der Waals surface area contributed by atoms with Gasteiger partial charge in [-0.2, -0.15) is 17.5 Å². The van der Waals surface area contributed by atoms with Gasteiger partial charge in [-0.3, -0.25) is 4.57 Å². The molecule has 0 N–H and O–H groups in total. The van der Waals surface area contributed by atoms with Crippen molar-refractivity contribution in [1.82, 2.24) is 24.1 Å². The van der Waals surface area contributed by atoms with Crippen molar-refractivity contribution in [3.05, 3.63) is 60.7 Å². The van der Waals surface area contributed by atoms with E-state index in [9.17, 15) is 21.6 Å². The summed E-state index contributed by atoms with van der Waals surface area (Å²) in [5.41, 5.74) is -0.990. The van der Waals surface area contributed by atoms with Gasteiger partial charge >= 0.3 is 6.18 Å². The highest BCUT2D eigenvalue weighted by molar-refractivity contribution is 7.89. The summed E-state index contributed by atoms with van der Waals surface area (Å²) in [5, 5.41) is 8.31. The molecule has 8 nitrogen and oxygen atoms in total. The number of nitrogens with zero attached hydrogens (tertiary/aromatic N) is 6. The van der Waals surface area contributed by atoms with Gasteiger partial charge in [0.1, 0.15) is 6.33 Å². The van der Waals surface area contributed by atoms with E-state index in [1.54, 1.807) is 35.4 Å². The van der Waals surface area contributed by atoms with Gasteiger partial charge in [0.25, 0.3) is 0 Å². The lowest BCUT2D eigenvalue weighted by molar-refractivity contribution is -0.137. The first-order valence-electron chi connectivity index (χ1n) is 8.99. The summed E-state index contributed by atoms with van der Waals surface area (Å²) in [7, 11) is -4.03. The van der Waals surface area contributed by atoms with Crippen LogP contribution in [-0.4, -0.2) is 58.7 Å². The van der Waals surface area contributed by atoms with Crippen LogP contribution in [0.1, 0.15) is 5.56 Å². The Morgan fingerprint density at radius 2 is 1.63 bits per heavy atom. The standard InChI is InChI=1S/C18H17F3N6O2S/c19-18(20,21)14-2-1-3-15(12-14)30(28,29)27-10-8-25(9-11-27)16-4-5-17(24-23-16)26-7-6-22-13-26/h1-7,12-13H,8-11H2. The van der Waals surface area contributed by atoms with Gasteiger partial charge in [-0.05, 0) is 30.3 Å².